The second-order valence-corrected chi connectivity index (χ2v) is 6.09. The number of nitrogens with one attached hydrogen (secondary N) is 1. The number of nitrogens with zero attached hydrogens (tertiary/aromatic N) is 1. The number of oxazole rings is 1. The van der Waals surface area contributed by atoms with Crippen molar-refractivity contribution in [3.63, 3.8) is 0 Å². The zero-order valence-electron chi connectivity index (χ0n) is 13.3. The average Bonchev–Trinajstić information content (AvgIpc) is 2.99. The molecule has 0 unspecified atom stereocenters. The van der Waals surface area contributed by atoms with Crippen LogP contribution in [0.15, 0.2) is 52.9 Å². The van der Waals surface area contributed by atoms with Crippen molar-refractivity contribution in [3.05, 3.63) is 65.0 Å². The maximum absolute atomic E-state index is 11.9. The van der Waals surface area contributed by atoms with Gasteiger partial charge in [0.25, 0.3) is 0 Å². The molecule has 0 bridgehead atoms. The Labute approximate surface area is 145 Å². The molecule has 124 valence electrons. The fourth-order valence-corrected chi connectivity index (χ4v) is 2.64. The number of benzene rings is 2. The van der Waals surface area contributed by atoms with Crippen LogP contribution >= 0.6 is 11.6 Å². The number of fused-ring (bicyclic) bond motifs is 1. The molecule has 3 rings (SSSR count). The molecule has 0 atom stereocenters. The van der Waals surface area contributed by atoms with E-state index in [1.165, 1.54) is 0 Å². The van der Waals surface area contributed by atoms with E-state index in [0.29, 0.717) is 25.3 Å². The lowest BCUT2D eigenvalue weighted by molar-refractivity contribution is -0.121. The maximum Gasteiger partial charge on any atom is 0.220 e. The zero-order chi connectivity index (χ0) is 16.8. The Bertz CT molecular complexity index is 779. The molecule has 0 aliphatic carbocycles. The van der Waals surface area contributed by atoms with E-state index >= 15 is 0 Å². The van der Waals surface area contributed by atoms with Gasteiger partial charge in [-0.05, 0) is 42.7 Å². The minimum Gasteiger partial charge on any atom is -0.441 e. The summed E-state index contributed by atoms with van der Waals surface area (Å²) in [7, 11) is 0. The second kappa shape index (κ2) is 7.97. The van der Waals surface area contributed by atoms with Gasteiger partial charge in [0.05, 0.1) is 0 Å². The minimum absolute atomic E-state index is 0.0556. The molecule has 24 heavy (non-hydrogen) atoms. The summed E-state index contributed by atoms with van der Waals surface area (Å²) in [6, 6.07) is 15.3. The van der Waals surface area contributed by atoms with Crippen LogP contribution in [0, 0.1) is 0 Å². The van der Waals surface area contributed by atoms with Gasteiger partial charge in [-0.15, -0.1) is 0 Å². The Morgan fingerprint density at radius 1 is 1.08 bits per heavy atom. The van der Waals surface area contributed by atoms with Crippen molar-refractivity contribution in [1.82, 2.24) is 10.3 Å². The van der Waals surface area contributed by atoms with Gasteiger partial charge in [0.15, 0.2) is 11.5 Å². The van der Waals surface area contributed by atoms with Crippen molar-refractivity contribution in [3.8, 4) is 0 Å². The number of amides is 1. The summed E-state index contributed by atoms with van der Waals surface area (Å²) in [6.07, 6.45) is 2.66. The van der Waals surface area contributed by atoms with Gasteiger partial charge in [0.2, 0.25) is 5.91 Å². The summed E-state index contributed by atoms with van der Waals surface area (Å²) >= 11 is 5.85. The summed E-state index contributed by atoms with van der Waals surface area (Å²) in [5.74, 6) is 0.741. The average molecular weight is 343 g/mol. The Balaban J connectivity index is 1.37. The third kappa shape index (κ3) is 4.59. The third-order valence-electron chi connectivity index (χ3n) is 3.78. The lowest BCUT2D eigenvalue weighted by atomic mass is 10.1. The highest BCUT2D eigenvalue weighted by atomic mass is 35.5. The predicted molar refractivity (Wildman–Crippen MR) is 95.1 cm³/mol. The van der Waals surface area contributed by atoms with E-state index in [0.717, 1.165) is 34.5 Å². The molecule has 1 aromatic heterocycles. The van der Waals surface area contributed by atoms with E-state index in [4.69, 9.17) is 16.0 Å². The number of aromatic nitrogens is 1. The van der Waals surface area contributed by atoms with Crippen LogP contribution in [-0.2, 0) is 17.6 Å². The highest BCUT2D eigenvalue weighted by Gasteiger charge is 2.07. The first-order valence-electron chi connectivity index (χ1n) is 8.06. The molecule has 4 nitrogen and oxygen atoms in total. The van der Waals surface area contributed by atoms with Crippen molar-refractivity contribution in [2.45, 2.75) is 25.7 Å². The summed E-state index contributed by atoms with van der Waals surface area (Å²) in [5, 5.41) is 3.66. The van der Waals surface area contributed by atoms with Crippen LogP contribution in [0.5, 0.6) is 0 Å². The van der Waals surface area contributed by atoms with Crippen LogP contribution < -0.4 is 5.32 Å². The van der Waals surface area contributed by atoms with Crippen LogP contribution in [0.4, 0.5) is 0 Å². The highest BCUT2D eigenvalue weighted by molar-refractivity contribution is 6.30. The van der Waals surface area contributed by atoms with Crippen LogP contribution in [0.3, 0.4) is 0 Å². The number of rotatable bonds is 7. The van der Waals surface area contributed by atoms with Crippen molar-refractivity contribution >= 4 is 28.6 Å². The summed E-state index contributed by atoms with van der Waals surface area (Å²) in [6.45, 7) is 0.628. The standard InChI is InChI=1S/C19H19ClN2O2/c20-15-10-8-14(9-11-15)12-13-21-18(23)6-3-7-19-22-16-4-1-2-5-17(16)24-19/h1-2,4-5,8-11H,3,6-7,12-13H2,(H,21,23). The fraction of sp³-hybridized carbons (Fsp3) is 0.263. The quantitative estimate of drug-likeness (QED) is 0.701. The van der Waals surface area contributed by atoms with Gasteiger partial charge < -0.3 is 9.73 Å². The van der Waals surface area contributed by atoms with Gasteiger partial charge in [-0.25, -0.2) is 4.98 Å². The van der Waals surface area contributed by atoms with Crippen LogP contribution in [0.25, 0.3) is 11.1 Å². The van der Waals surface area contributed by atoms with Crippen molar-refractivity contribution in [2.24, 2.45) is 0 Å². The molecule has 0 fully saturated rings. The van der Waals surface area contributed by atoms with E-state index in [1.54, 1.807) is 0 Å². The normalized spacial score (nSPS) is 10.9. The van der Waals surface area contributed by atoms with Gasteiger partial charge >= 0.3 is 0 Å². The van der Waals surface area contributed by atoms with E-state index in [1.807, 2.05) is 48.5 Å². The van der Waals surface area contributed by atoms with Crippen molar-refractivity contribution < 1.29 is 9.21 Å². The number of hydrogen-bond donors (Lipinski definition) is 1. The van der Waals surface area contributed by atoms with E-state index in [-0.39, 0.29) is 5.91 Å². The first-order valence-corrected chi connectivity index (χ1v) is 8.44. The molecular weight excluding hydrogens is 324 g/mol. The first-order chi connectivity index (χ1) is 11.7. The second-order valence-electron chi connectivity index (χ2n) is 5.66. The molecule has 2 aromatic carbocycles. The van der Waals surface area contributed by atoms with Gasteiger partial charge in [0.1, 0.15) is 5.52 Å². The van der Waals surface area contributed by atoms with Crippen LogP contribution in [0.1, 0.15) is 24.3 Å². The topological polar surface area (TPSA) is 55.1 Å². The van der Waals surface area contributed by atoms with Crippen molar-refractivity contribution in [2.75, 3.05) is 6.54 Å². The molecule has 0 saturated carbocycles. The van der Waals surface area contributed by atoms with E-state index in [2.05, 4.69) is 10.3 Å². The molecule has 1 amide bonds. The first kappa shape index (κ1) is 16.5. The molecule has 1 heterocycles. The molecule has 0 spiro atoms. The SMILES string of the molecule is O=C(CCCc1nc2ccccc2o1)NCCc1ccc(Cl)cc1. The lowest BCUT2D eigenvalue weighted by Crippen LogP contribution is -2.25. The summed E-state index contributed by atoms with van der Waals surface area (Å²) in [4.78, 5) is 16.3. The third-order valence-corrected chi connectivity index (χ3v) is 4.03. The Hall–Kier alpha value is -2.33. The molecular formula is C19H19ClN2O2. The lowest BCUT2D eigenvalue weighted by Gasteiger charge is -2.05. The Kier molecular flexibility index (Phi) is 5.49. The monoisotopic (exact) mass is 342 g/mol. The molecule has 5 heteroatoms. The van der Waals surface area contributed by atoms with Crippen LogP contribution in [0.2, 0.25) is 5.02 Å². The Morgan fingerprint density at radius 2 is 1.88 bits per heavy atom. The van der Waals surface area contributed by atoms with Gasteiger partial charge in [-0.2, -0.15) is 0 Å². The fourth-order valence-electron chi connectivity index (χ4n) is 2.51. The molecule has 0 radical (unpaired) electrons. The summed E-state index contributed by atoms with van der Waals surface area (Å²) < 4.78 is 5.64. The maximum atomic E-state index is 11.9. The molecule has 0 aliphatic rings. The number of halogens is 1. The number of hydrogen-bond acceptors (Lipinski definition) is 3. The van der Waals surface area contributed by atoms with Gasteiger partial charge in [-0.3, -0.25) is 4.79 Å². The Morgan fingerprint density at radius 3 is 2.67 bits per heavy atom. The molecule has 3 aromatic rings. The van der Waals surface area contributed by atoms with Gasteiger partial charge in [0, 0.05) is 24.4 Å². The largest absolute Gasteiger partial charge is 0.441 e. The number of aryl methyl sites for hydroxylation is 1. The van der Waals surface area contributed by atoms with E-state index < -0.39 is 0 Å². The highest BCUT2D eigenvalue weighted by Crippen LogP contribution is 2.16. The van der Waals surface area contributed by atoms with E-state index in [9.17, 15) is 4.79 Å². The molecule has 0 saturated heterocycles. The summed E-state index contributed by atoms with van der Waals surface area (Å²) in [5.41, 5.74) is 2.81. The van der Waals surface area contributed by atoms with Crippen molar-refractivity contribution in [1.29, 1.82) is 0 Å². The molecule has 1 N–H and O–H groups in total. The zero-order valence-corrected chi connectivity index (χ0v) is 14.1. The molecule has 0 aliphatic heterocycles. The predicted octanol–water partition coefficient (Wildman–Crippen LogP) is 4.16. The smallest absolute Gasteiger partial charge is 0.220 e. The minimum atomic E-state index is 0.0556. The number of para-hydroxylation sites is 2. The number of carbonyl (C=O) groups is 1. The van der Waals surface area contributed by atoms with Gasteiger partial charge in [-0.1, -0.05) is 35.9 Å². The van der Waals surface area contributed by atoms with Crippen LogP contribution in [-0.4, -0.2) is 17.4 Å². The number of carbonyl (C=O) groups excluding carboxylic acids is 1.